The SMILES string of the molecule is N#CCC[NH2+]CCC[NH+]1CCOCC1. The van der Waals surface area contributed by atoms with Crippen LogP contribution in [0.3, 0.4) is 0 Å². The Morgan fingerprint density at radius 3 is 2.79 bits per heavy atom. The number of quaternary nitrogens is 2. The van der Waals surface area contributed by atoms with Crippen LogP contribution in [0.25, 0.3) is 0 Å². The zero-order valence-electron chi connectivity index (χ0n) is 8.80. The van der Waals surface area contributed by atoms with Crippen LogP contribution in [-0.2, 0) is 4.74 Å². The van der Waals surface area contributed by atoms with Crippen molar-refractivity contribution in [3.05, 3.63) is 0 Å². The number of nitriles is 1. The number of nitrogens with one attached hydrogen (secondary N) is 1. The second-order valence-corrected chi connectivity index (χ2v) is 3.74. The monoisotopic (exact) mass is 199 g/mol. The van der Waals surface area contributed by atoms with E-state index in [1.54, 1.807) is 4.90 Å². The van der Waals surface area contributed by atoms with Crippen molar-refractivity contribution >= 4 is 0 Å². The first-order valence-corrected chi connectivity index (χ1v) is 5.53. The molecule has 1 heterocycles. The molecule has 1 fully saturated rings. The number of ether oxygens (including phenoxy) is 1. The summed E-state index contributed by atoms with van der Waals surface area (Å²) in [4.78, 5) is 1.67. The van der Waals surface area contributed by atoms with Crippen molar-refractivity contribution in [1.29, 1.82) is 5.26 Å². The first-order chi connectivity index (χ1) is 6.93. The summed E-state index contributed by atoms with van der Waals surface area (Å²) in [6.45, 7) is 7.55. The van der Waals surface area contributed by atoms with Gasteiger partial charge in [0.2, 0.25) is 0 Å². The van der Waals surface area contributed by atoms with Crippen molar-refractivity contribution in [1.82, 2.24) is 0 Å². The Morgan fingerprint density at radius 2 is 2.07 bits per heavy atom. The minimum Gasteiger partial charge on any atom is -0.370 e. The zero-order valence-corrected chi connectivity index (χ0v) is 8.80. The highest BCUT2D eigenvalue weighted by Gasteiger charge is 2.12. The van der Waals surface area contributed by atoms with Crippen LogP contribution in [-0.4, -0.2) is 45.9 Å². The normalized spacial score (nSPS) is 17.9. The molecule has 0 atom stereocenters. The molecule has 0 bridgehead atoms. The molecule has 4 nitrogen and oxygen atoms in total. The predicted octanol–water partition coefficient (Wildman–Crippen LogP) is -2.23. The third-order valence-corrected chi connectivity index (χ3v) is 2.60. The standard InChI is InChI=1S/C10H19N3O/c11-3-1-4-12-5-2-6-13-7-9-14-10-8-13/h12H,1-2,4-10H2/p+2. The van der Waals surface area contributed by atoms with Gasteiger partial charge in [-0.2, -0.15) is 5.26 Å². The summed E-state index contributed by atoms with van der Waals surface area (Å²) in [7, 11) is 0. The fourth-order valence-corrected chi connectivity index (χ4v) is 1.72. The van der Waals surface area contributed by atoms with Crippen molar-refractivity contribution in [3.8, 4) is 6.07 Å². The molecule has 0 aromatic carbocycles. The molecule has 4 heteroatoms. The van der Waals surface area contributed by atoms with E-state index in [2.05, 4.69) is 11.4 Å². The average Bonchev–Trinajstić information content (AvgIpc) is 2.25. The summed E-state index contributed by atoms with van der Waals surface area (Å²) in [6.07, 6.45) is 1.92. The Kier molecular flexibility index (Phi) is 6.33. The van der Waals surface area contributed by atoms with E-state index >= 15 is 0 Å². The number of nitrogens with zero attached hydrogens (tertiary/aromatic N) is 1. The Morgan fingerprint density at radius 1 is 1.29 bits per heavy atom. The summed E-state index contributed by atoms with van der Waals surface area (Å²) < 4.78 is 5.29. The van der Waals surface area contributed by atoms with Crippen molar-refractivity contribution in [2.75, 3.05) is 45.9 Å². The van der Waals surface area contributed by atoms with Gasteiger partial charge in [-0.3, -0.25) is 0 Å². The number of hydrogen-bond donors (Lipinski definition) is 2. The molecule has 0 aliphatic carbocycles. The van der Waals surface area contributed by atoms with E-state index in [4.69, 9.17) is 10.00 Å². The van der Waals surface area contributed by atoms with Gasteiger partial charge < -0.3 is 15.0 Å². The van der Waals surface area contributed by atoms with Gasteiger partial charge >= 0.3 is 0 Å². The summed E-state index contributed by atoms with van der Waals surface area (Å²) >= 11 is 0. The van der Waals surface area contributed by atoms with E-state index in [0.717, 1.165) is 39.4 Å². The highest BCUT2D eigenvalue weighted by Crippen LogP contribution is 1.75. The number of morpholine rings is 1. The Hall–Kier alpha value is -0.630. The maximum atomic E-state index is 8.34. The minimum atomic E-state index is 0.671. The number of nitrogens with two attached hydrogens (primary N) is 1. The van der Waals surface area contributed by atoms with Gasteiger partial charge in [0.25, 0.3) is 0 Å². The van der Waals surface area contributed by atoms with Gasteiger partial charge in [0.1, 0.15) is 13.1 Å². The predicted molar refractivity (Wildman–Crippen MR) is 52.9 cm³/mol. The Labute approximate surface area is 85.8 Å². The summed E-state index contributed by atoms with van der Waals surface area (Å²) in [5.41, 5.74) is 0. The molecule has 0 spiro atoms. The van der Waals surface area contributed by atoms with Crippen LogP contribution in [0.5, 0.6) is 0 Å². The van der Waals surface area contributed by atoms with Gasteiger partial charge in [0.05, 0.1) is 45.3 Å². The minimum absolute atomic E-state index is 0.671. The van der Waals surface area contributed by atoms with E-state index in [0.29, 0.717) is 6.42 Å². The van der Waals surface area contributed by atoms with Gasteiger partial charge in [-0.1, -0.05) is 0 Å². The lowest BCUT2D eigenvalue weighted by Crippen LogP contribution is -3.14. The Bertz CT molecular complexity index is 173. The maximum Gasteiger partial charge on any atom is 0.101 e. The van der Waals surface area contributed by atoms with Gasteiger partial charge in [-0.05, 0) is 0 Å². The van der Waals surface area contributed by atoms with E-state index in [1.165, 1.54) is 13.0 Å². The molecule has 1 aliphatic rings. The van der Waals surface area contributed by atoms with E-state index in [1.807, 2.05) is 0 Å². The van der Waals surface area contributed by atoms with E-state index in [-0.39, 0.29) is 0 Å². The van der Waals surface area contributed by atoms with Gasteiger partial charge in [0, 0.05) is 6.42 Å². The number of rotatable bonds is 6. The van der Waals surface area contributed by atoms with Crippen molar-refractivity contribution < 1.29 is 15.0 Å². The molecule has 3 N–H and O–H groups in total. The van der Waals surface area contributed by atoms with Crippen LogP contribution in [0.4, 0.5) is 0 Å². The molecule has 14 heavy (non-hydrogen) atoms. The van der Waals surface area contributed by atoms with Crippen molar-refractivity contribution in [2.24, 2.45) is 0 Å². The van der Waals surface area contributed by atoms with Crippen molar-refractivity contribution in [2.45, 2.75) is 12.8 Å². The second-order valence-electron chi connectivity index (χ2n) is 3.74. The third-order valence-electron chi connectivity index (χ3n) is 2.60. The lowest BCUT2D eigenvalue weighted by atomic mass is 10.3. The van der Waals surface area contributed by atoms with Gasteiger partial charge in [-0.25, -0.2) is 0 Å². The fraction of sp³-hybridized carbons (Fsp3) is 0.900. The highest BCUT2D eigenvalue weighted by atomic mass is 16.5. The molecule has 0 amide bonds. The lowest BCUT2D eigenvalue weighted by molar-refractivity contribution is -0.909. The first kappa shape index (κ1) is 11.4. The molecule has 0 radical (unpaired) electrons. The highest BCUT2D eigenvalue weighted by molar-refractivity contribution is 4.65. The van der Waals surface area contributed by atoms with E-state index in [9.17, 15) is 0 Å². The van der Waals surface area contributed by atoms with Crippen LogP contribution >= 0.6 is 0 Å². The Balaban J connectivity index is 1.85. The molecule has 0 unspecified atom stereocenters. The summed E-state index contributed by atoms with van der Waals surface area (Å²) in [5, 5.41) is 10.6. The molecular weight excluding hydrogens is 178 g/mol. The number of hydrogen-bond acceptors (Lipinski definition) is 2. The van der Waals surface area contributed by atoms with Gasteiger partial charge in [0.15, 0.2) is 0 Å². The molecule has 1 rings (SSSR count). The molecule has 80 valence electrons. The maximum absolute atomic E-state index is 8.34. The topological polar surface area (TPSA) is 54.1 Å². The molecule has 0 aromatic heterocycles. The van der Waals surface area contributed by atoms with Crippen molar-refractivity contribution in [3.63, 3.8) is 0 Å². The quantitative estimate of drug-likeness (QED) is 0.476. The van der Waals surface area contributed by atoms with Crippen LogP contribution in [0, 0.1) is 11.3 Å². The molecular formula is C10H21N3O+2. The van der Waals surface area contributed by atoms with E-state index < -0.39 is 0 Å². The first-order valence-electron chi connectivity index (χ1n) is 5.53. The van der Waals surface area contributed by atoms with Crippen LogP contribution in [0.2, 0.25) is 0 Å². The molecule has 0 saturated carbocycles. The summed E-state index contributed by atoms with van der Waals surface area (Å²) in [6, 6.07) is 2.15. The van der Waals surface area contributed by atoms with Crippen LogP contribution in [0.15, 0.2) is 0 Å². The largest absolute Gasteiger partial charge is 0.370 e. The summed E-state index contributed by atoms with van der Waals surface area (Å²) in [5.74, 6) is 0. The van der Waals surface area contributed by atoms with Crippen LogP contribution in [0.1, 0.15) is 12.8 Å². The zero-order chi connectivity index (χ0) is 10.1. The molecule has 1 saturated heterocycles. The second kappa shape index (κ2) is 7.74. The van der Waals surface area contributed by atoms with Crippen LogP contribution < -0.4 is 10.2 Å². The molecule has 0 aromatic rings. The lowest BCUT2D eigenvalue weighted by Gasteiger charge is -2.23. The van der Waals surface area contributed by atoms with Gasteiger partial charge in [-0.15, -0.1) is 0 Å². The molecule has 1 aliphatic heterocycles. The average molecular weight is 199 g/mol. The third kappa shape index (κ3) is 5.18. The fourth-order valence-electron chi connectivity index (χ4n) is 1.72. The smallest absolute Gasteiger partial charge is 0.101 e.